The maximum absolute atomic E-state index is 11.1. The van der Waals surface area contributed by atoms with E-state index in [0.717, 1.165) is 30.1 Å². The Kier molecular flexibility index (Phi) is 3.90. The topological polar surface area (TPSA) is 46.5 Å². The molecular formula is C15H20O3. The minimum atomic E-state index is -0.893. The molecule has 1 aromatic carbocycles. The molecule has 1 fully saturated rings. The smallest absolute Gasteiger partial charge is 0.336 e. The van der Waals surface area contributed by atoms with Crippen LogP contribution < -0.4 is 4.74 Å². The van der Waals surface area contributed by atoms with Crippen molar-refractivity contribution in [3.05, 3.63) is 29.3 Å². The molecule has 0 amide bonds. The van der Waals surface area contributed by atoms with Gasteiger partial charge in [0, 0.05) is 5.56 Å². The summed E-state index contributed by atoms with van der Waals surface area (Å²) >= 11 is 0. The first-order chi connectivity index (χ1) is 8.58. The van der Waals surface area contributed by atoms with E-state index in [2.05, 4.69) is 6.92 Å². The van der Waals surface area contributed by atoms with Gasteiger partial charge in [0.15, 0.2) is 0 Å². The van der Waals surface area contributed by atoms with Gasteiger partial charge in [0.05, 0.1) is 11.7 Å². The zero-order valence-electron chi connectivity index (χ0n) is 11.0. The Bertz CT molecular complexity index is 431. The number of aromatic carboxylic acids is 1. The third kappa shape index (κ3) is 2.84. The fourth-order valence-corrected chi connectivity index (χ4v) is 2.50. The summed E-state index contributed by atoms with van der Waals surface area (Å²) in [4.78, 5) is 11.1. The predicted molar refractivity (Wildman–Crippen MR) is 70.2 cm³/mol. The number of ether oxygens (including phenoxy) is 1. The van der Waals surface area contributed by atoms with Crippen LogP contribution in [0.4, 0.5) is 0 Å². The first-order valence-electron chi connectivity index (χ1n) is 6.57. The molecule has 3 heteroatoms. The van der Waals surface area contributed by atoms with Crippen LogP contribution in [-0.4, -0.2) is 17.2 Å². The van der Waals surface area contributed by atoms with Crippen molar-refractivity contribution in [2.24, 2.45) is 5.92 Å². The van der Waals surface area contributed by atoms with E-state index in [9.17, 15) is 4.79 Å². The van der Waals surface area contributed by atoms with Crippen LogP contribution in [0.3, 0.4) is 0 Å². The Labute approximate surface area is 108 Å². The Morgan fingerprint density at radius 2 is 1.94 bits per heavy atom. The second kappa shape index (κ2) is 5.42. The molecule has 0 radical (unpaired) electrons. The van der Waals surface area contributed by atoms with Gasteiger partial charge in [-0.2, -0.15) is 0 Å². The molecule has 18 heavy (non-hydrogen) atoms. The lowest BCUT2D eigenvalue weighted by Gasteiger charge is -2.27. The van der Waals surface area contributed by atoms with Crippen LogP contribution in [0.2, 0.25) is 0 Å². The molecule has 1 aromatic rings. The van der Waals surface area contributed by atoms with Gasteiger partial charge in [-0.3, -0.25) is 0 Å². The average molecular weight is 248 g/mol. The van der Waals surface area contributed by atoms with Gasteiger partial charge in [-0.05, 0) is 50.7 Å². The fraction of sp³-hybridized carbons (Fsp3) is 0.533. The van der Waals surface area contributed by atoms with E-state index in [1.165, 1.54) is 12.8 Å². The van der Waals surface area contributed by atoms with Gasteiger partial charge in [-0.25, -0.2) is 4.79 Å². The molecule has 1 aliphatic carbocycles. The molecule has 1 N–H and O–H groups in total. The monoisotopic (exact) mass is 248 g/mol. The molecule has 3 nitrogen and oxygen atoms in total. The van der Waals surface area contributed by atoms with E-state index in [0.29, 0.717) is 5.56 Å². The molecule has 0 spiro atoms. The van der Waals surface area contributed by atoms with Crippen molar-refractivity contribution in [2.75, 3.05) is 0 Å². The highest BCUT2D eigenvalue weighted by atomic mass is 16.5. The van der Waals surface area contributed by atoms with Crippen LogP contribution >= 0.6 is 0 Å². The summed E-state index contributed by atoms with van der Waals surface area (Å²) in [5.74, 6) is 0.612. The molecule has 0 atom stereocenters. The van der Waals surface area contributed by atoms with Crippen molar-refractivity contribution in [3.8, 4) is 5.75 Å². The van der Waals surface area contributed by atoms with Crippen molar-refractivity contribution < 1.29 is 14.6 Å². The average Bonchev–Trinajstić information content (AvgIpc) is 2.34. The van der Waals surface area contributed by atoms with Crippen LogP contribution in [0.25, 0.3) is 0 Å². The van der Waals surface area contributed by atoms with Crippen LogP contribution in [0.15, 0.2) is 18.2 Å². The van der Waals surface area contributed by atoms with E-state index in [1.807, 2.05) is 13.0 Å². The lowest BCUT2D eigenvalue weighted by atomic mass is 9.89. The second-order valence-corrected chi connectivity index (χ2v) is 5.23. The summed E-state index contributed by atoms with van der Waals surface area (Å²) in [6.45, 7) is 4.08. The third-order valence-electron chi connectivity index (χ3n) is 3.77. The molecule has 0 saturated heterocycles. The maximum atomic E-state index is 11.1. The number of hydrogen-bond acceptors (Lipinski definition) is 2. The standard InChI is InChI=1S/C15H20O3/c1-10-6-8-12(9-7-10)18-14-5-3-4-13(11(14)2)15(16)17/h3-5,10,12H,6-9H2,1-2H3,(H,16,17). The van der Waals surface area contributed by atoms with Gasteiger partial charge < -0.3 is 9.84 Å². The van der Waals surface area contributed by atoms with Crippen LogP contribution in [0.1, 0.15) is 48.5 Å². The van der Waals surface area contributed by atoms with Gasteiger partial charge >= 0.3 is 5.97 Å². The number of carboxylic acids is 1. The molecule has 1 aliphatic rings. The van der Waals surface area contributed by atoms with E-state index >= 15 is 0 Å². The van der Waals surface area contributed by atoms with E-state index in [-0.39, 0.29) is 6.10 Å². The molecule has 0 unspecified atom stereocenters. The lowest BCUT2D eigenvalue weighted by molar-refractivity contribution is 0.0694. The molecule has 98 valence electrons. The van der Waals surface area contributed by atoms with Gasteiger partial charge in [0.2, 0.25) is 0 Å². The molecule has 2 rings (SSSR count). The Morgan fingerprint density at radius 3 is 2.56 bits per heavy atom. The summed E-state index contributed by atoms with van der Waals surface area (Å²) in [5.41, 5.74) is 1.06. The summed E-state index contributed by atoms with van der Waals surface area (Å²) in [6.07, 6.45) is 4.77. The lowest BCUT2D eigenvalue weighted by Crippen LogP contribution is -2.23. The van der Waals surface area contributed by atoms with Crippen molar-refractivity contribution in [1.29, 1.82) is 0 Å². The fourth-order valence-electron chi connectivity index (χ4n) is 2.50. The maximum Gasteiger partial charge on any atom is 0.336 e. The number of rotatable bonds is 3. The van der Waals surface area contributed by atoms with Crippen LogP contribution in [0.5, 0.6) is 5.75 Å². The largest absolute Gasteiger partial charge is 0.490 e. The molecular weight excluding hydrogens is 228 g/mol. The second-order valence-electron chi connectivity index (χ2n) is 5.23. The van der Waals surface area contributed by atoms with Gasteiger partial charge in [0.25, 0.3) is 0 Å². The van der Waals surface area contributed by atoms with Crippen molar-refractivity contribution in [1.82, 2.24) is 0 Å². The first kappa shape index (κ1) is 12.9. The predicted octanol–water partition coefficient (Wildman–Crippen LogP) is 3.65. The molecule has 1 saturated carbocycles. The SMILES string of the molecule is Cc1c(OC2CCC(C)CC2)cccc1C(=O)O. The molecule has 0 heterocycles. The number of carbonyl (C=O) groups is 1. The first-order valence-corrected chi connectivity index (χ1v) is 6.57. The normalized spacial score (nSPS) is 23.7. The highest BCUT2D eigenvalue weighted by Gasteiger charge is 2.21. The van der Waals surface area contributed by atoms with Crippen LogP contribution in [-0.2, 0) is 0 Å². The molecule has 0 aromatic heterocycles. The quantitative estimate of drug-likeness (QED) is 0.888. The summed E-state index contributed by atoms with van der Waals surface area (Å²) in [7, 11) is 0. The number of benzene rings is 1. The summed E-state index contributed by atoms with van der Waals surface area (Å²) < 4.78 is 5.96. The summed E-state index contributed by atoms with van der Waals surface area (Å²) in [6, 6.07) is 5.23. The zero-order chi connectivity index (χ0) is 13.1. The van der Waals surface area contributed by atoms with Crippen molar-refractivity contribution in [3.63, 3.8) is 0 Å². The number of carboxylic acid groups (broad SMARTS) is 1. The highest BCUT2D eigenvalue weighted by Crippen LogP contribution is 2.29. The minimum Gasteiger partial charge on any atom is -0.490 e. The zero-order valence-corrected chi connectivity index (χ0v) is 11.0. The van der Waals surface area contributed by atoms with Crippen LogP contribution in [0, 0.1) is 12.8 Å². The minimum absolute atomic E-state index is 0.240. The molecule has 0 bridgehead atoms. The van der Waals surface area contributed by atoms with E-state index in [4.69, 9.17) is 9.84 Å². The van der Waals surface area contributed by atoms with Crippen molar-refractivity contribution >= 4 is 5.97 Å². The Balaban J connectivity index is 2.10. The van der Waals surface area contributed by atoms with Gasteiger partial charge in [0.1, 0.15) is 5.75 Å². The van der Waals surface area contributed by atoms with Crippen molar-refractivity contribution in [2.45, 2.75) is 45.6 Å². The Morgan fingerprint density at radius 1 is 1.28 bits per heavy atom. The Hall–Kier alpha value is -1.51. The highest BCUT2D eigenvalue weighted by molar-refractivity contribution is 5.90. The van der Waals surface area contributed by atoms with E-state index < -0.39 is 5.97 Å². The molecule has 0 aliphatic heterocycles. The number of hydrogen-bond donors (Lipinski definition) is 1. The van der Waals surface area contributed by atoms with E-state index in [1.54, 1.807) is 12.1 Å². The summed E-state index contributed by atoms with van der Waals surface area (Å²) in [5, 5.41) is 9.08. The van der Waals surface area contributed by atoms with Gasteiger partial charge in [-0.1, -0.05) is 13.0 Å². The third-order valence-corrected chi connectivity index (χ3v) is 3.77. The van der Waals surface area contributed by atoms with Gasteiger partial charge in [-0.15, -0.1) is 0 Å².